The maximum Gasteiger partial charge on any atom is 0.416 e. The van der Waals surface area contributed by atoms with Gasteiger partial charge in [0.1, 0.15) is 5.75 Å². The van der Waals surface area contributed by atoms with E-state index in [1.165, 1.54) is 6.07 Å². The van der Waals surface area contributed by atoms with Crippen molar-refractivity contribution in [2.45, 2.75) is 58.4 Å². The van der Waals surface area contributed by atoms with Crippen LogP contribution in [0.15, 0.2) is 36.9 Å². The van der Waals surface area contributed by atoms with E-state index in [9.17, 15) is 23.1 Å². The minimum atomic E-state index is -4.77. The number of rotatable bonds is 5. The van der Waals surface area contributed by atoms with Gasteiger partial charge in [0.25, 0.3) is 0 Å². The lowest BCUT2D eigenvalue weighted by Gasteiger charge is -2.30. The van der Waals surface area contributed by atoms with Crippen LogP contribution in [-0.4, -0.2) is 23.3 Å². The van der Waals surface area contributed by atoms with E-state index >= 15 is 0 Å². The summed E-state index contributed by atoms with van der Waals surface area (Å²) in [5, 5.41) is 9.94. The van der Waals surface area contributed by atoms with Gasteiger partial charge in [-0.25, -0.2) is 4.79 Å². The smallest absolute Gasteiger partial charge is 0.416 e. The average Bonchev–Trinajstić information content (AvgIpc) is 2.69. The number of hydrogen-bond donors (Lipinski definition) is 1. The third-order valence-electron chi connectivity index (χ3n) is 5.17. The topological polar surface area (TPSA) is 55.8 Å². The van der Waals surface area contributed by atoms with Crippen molar-refractivity contribution >= 4 is 11.5 Å². The van der Waals surface area contributed by atoms with Gasteiger partial charge in [0.15, 0.2) is 6.10 Å². The Hall–Kier alpha value is -2.80. The largest absolute Gasteiger partial charge is 0.493 e. The van der Waals surface area contributed by atoms with E-state index in [0.717, 1.165) is 24.5 Å². The van der Waals surface area contributed by atoms with E-state index in [1.54, 1.807) is 45.9 Å². The number of alkyl halides is 3. The summed E-state index contributed by atoms with van der Waals surface area (Å²) in [5.41, 5.74) is 0.00639. The summed E-state index contributed by atoms with van der Waals surface area (Å²) in [6, 6.07) is 7.40. The number of ether oxygens (including phenoxy) is 2. The molecule has 7 heteroatoms. The van der Waals surface area contributed by atoms with Crippen LogP contribution < -0.4 is 4.74 Å². The number of hydrogen-bond acceptors (Lipinski definition) is 3. The lowest BCUT2D eigenvalue weighted by molar-refractivity contribution is -0.163. The Morgan fingerprint density at radius 1 is 1.19 bits per heavy atom. The van der Waals surface area contributed by atoms with Crippen LogP contribution in [0.5, 0.6) is 5.75 Å². The SMILES string of the molecule is C=C(C)c1ccc(C(F)(F)F)c(C(OC(C)(C)C)C(=O)O)c1-c1ccc2c(c1)CCCO2. The summed E-state index contributed by atoms with van der Waals surface area (Å²) < 4.78 is 53.7. The van der Waals surface area contributed by atoms with Gasteiger partial charge in [0, 0.05) is 5.56 Å². The van der Waals surface area contributed by atoms with E-state index in [-0.39, 0.29) is 5.56 Å². The lowest BCUT2D eigenvalue weighted by Crippen LogP contribution is -2.29. The second-order valence-corrected chi connectivity index (χ2v) is 8.95. The van der Waals surface area contributed by atoms with E-state index in [4.69, 9.17) is 9.47 Å². The second kappa shape index (κ2) is 8.62. The van der Waals surface area contributed by atoms with Crippen LogP contribution in [0.4, 0.5) is 13.2 Å². The van der Waals surface area contributed by atoms with Gasteiger partial charge in [0.05, 0.1) is 17.8 Å². The molecule has 0 radical (unpaired) electrons. The molecule has 0 aromatic heterocycles. The molecule has 4 nitrogen and oxygen atoms in total. The fourth-order valence-electron chi connectivity index (χ4n) is 3.91. The van der Waals surface area contributed by atoms with E-state index in [0.29, 0.717) is 29.1 Å². The van der Waals surface area contributed by atoms with Crippen LogP contribution in [0.2, 0.25) is 0 Å². The molecule has 0 spiro atoms. The summed E-state index contributed by atoms with van der Waals surface area (Å²) in [5.74, 6) is -0.807. The molecule has 3 rings (SSSR count). The molecule has 1 unspecified atom stereocenters. The number of carboxylic acids is 1. The molecule has 1 N–H and O–H groups in total. The Morgan fingerprint density at radius 3 is 2.44 bits per heavy atom. The van der Waals surface area contributed by atoms with Gasteiger partial charge >= 0.3 is 12.1 Å². The van der Waals surface area contributed by atoms with Gasteiger partial charge in [-0.05, 0) is 81.0 Å². The van der Waals surface area contributed by atoms with Crippen LogP contribution in [0.3, 0.4) is 0 Å². The Labute approximate surface area is 185 Å². The molecule has 2 aromatic rings. The zero-order chi connectivity index (χ0) is 23.8. The number of aliphatic carboxylic acids is 1. The Balaban J connectivity index is 2.40. The highest BCUT2D eigenvalue weighted by molar-refractivity contribution is 5.88. The first-order valence-corrected chi connectivity index (χ1v) is 10.4. The van der Waals surface area contributed by atoms with E-state index in [1.807, 2.05) is 0 Å². The fraction of sp³-hybridized carbons (Fsp3) is 0.400. The van der Waals surface area contributed by atoms with Crippen molar-refractivity contribution in [1.82, 2.24) is 0 Å². The number of carboxylic acid groups (broad SMARTS) is 1. The van der Waals surface area contributed by atoms with E-state index in [2.05, 4.69) is 6.58 Å². The van der Waals surface area contributed by atoms with Crippen molar-refractivity contribution in [3.8, 4) is 16.9 Å². The zero-order valence-corrected chi connectivity index (χ0v) is 18.6. The summed E-state index contributed by atoms with van der Waals surface area (Å²) in [7, 11) is 0. The molecule has 1 atom stereocenters. The zero-order valence-electron chi connectivity index (χ0n) is 18.6. The molecule has 0 fully saturated rings. The summed E-state index contributed by atoms with van der Waals surface area (Å²) in [6.07, 6.45) is -5.08. The van der Waals surface area contributed by atoms with Crippen molar-refractivity contribution in [2.75, 3.05) is 6.61 Å². The van der Waals surface area contributed by atoms with Crippen molar-refractivity contribution in [3.63, 3.8) is 0 Å². The molecule has 1 aliphatic rings. The van der Waals surface area contributed by atoms with Gasteiger partial charge in [-0.15, -0.1) is 0 Å². The molecule has 1 aliphatic heterocycles. The molecule has 1 heterocycles. The standard InChI is InChI=1S/C25H27F3O4/c1-14(2)17-9-10-18(25(26,27)28)21(22(23(29)30)32-24(3,4)5)20(17)16-8-11-19-15(13-16)7-6-12-31-19/h8-11,13,22H,1,6-7,12H2,2-5H3,(H,29,30). The number of allylic oxidation sites excluding steroid dienone is 1. The maximum atomic E-state index is 14.1. The molecule has 0 saturated heterocycles. The highest BCUT2D eigenvalue weighted by Gasteiger charge is 2.41. The number of fused-ring (bicyclic) bond motifs is 1. The minimum absolute atomic E-state index is 0.164. The predicted octanol–water partition coefficient (Wildman–Crippen LogP) is 6.67. The summed E-state index contributed by atoms with van der Waals surface area (Å²) >= 11 is 0. The fourth-order valence-corrected chi connectivity index (χ4v) is 3.91. The maximum absolute atomic E-state index is 14.1. The molecule has 2 aromatic carbocycles. The second-order valence-electron chi connectivity index (χ2n) is 8.95. The first kappa shape index (κ1) is 23.9. The quantitative estimate of drug-likeness (QED) is 0.555. The molecule has 172 valence electrons. The predicted molar refractivity (Wildman–Crippen MR) is 117 cm³/mol. The first-order chi connectivity index (χ1) is 14.8. The number of halogens is 3. The summed E-state index contributed by atoms with van der Waals surface area (Å²) in [6.45, 7) is 11.0. The highest BCUT2D eigenvalue weighted by atomic mass is 19.4. The van der Waals surface area contributed by atoms with Crippen molar-refractivity contribution in [1.29, 1.82) is 0 Å². The van der Waals surface area contributed by atoms with Crippen LogP contribution in [-0.2, 0) is 22.1 Å². The highest BCUT2D eigenvalue weighted by Crippen LogP contribution is 2.46. The third-order valence-corrected chi connectivity index (χ3v) is 5.17. The molecule has 32 heavy (non-hydrogen) atoms. The van der Waals surface area contributed by atoms with Gasteiger partial charge in [-0.3, -0.25) is 0 Å². The molecule has 0 amide bonds. The Kier molecular flexibility index (Phi) is 6.43. The first-order valence-electron chi connectivity index (χ1n) is 10.4. The van der Waals surface area contributed by atoms with Crippen LogP contribution in [0.25, 0.3) is 16.7 Å². The Bertz CT molecular complexity index is 1050. The average molecular weight is 448 g/mol. The van der Waals surface area contributed by atoms with Gasteiger partial charge in [0.2, 0.25) is 0 Å². The third kappa shape index (κ3) is 4.99. The van der Waals surface area contributed by atoms with Crippen LogP contribution >= 0.6 is 0 Å². The van der Waals surface area contributed by atoms with Crippen LogP contribution in [0.1, 0.15) is 62.5 Å². The lowest BCUT2D eigenvalue weighted by atomic mass is 9.84. The normalized spacial score (nSPS) is 15.0. The van der Waals surface area contributed by atoms with Gasteiger partial charge in [-0.1, -0.05) is 24.3 Å². The van der Waals surface area contributed by atoms with Crippen molar-refractivity contribution in [2.24, 2.45) is 0 Å². The van der Waals surface area contributed by atoms with Gasteiger partial charge < -0.3 is 14.6 Å². The monoisotopic (exact) mass is 448 g/mol. The van der Waals surface area contributed by atoms with Crippen molar-refractivity contribution < 1.29 is 32.5 Å². The molecular formula is C25H27F3O4. The van der Waals surface area contributed by atoms with E-state index < -0.39 is 35.0 Å². The molecule has 0 bridgehead atoms. The van der Waals surface area contributed by atoms with Crippen LogP contribution in [0, 0.1) is 0 Å². The number of carbonyl (C=O) groups is 1. The van der Waals surface area contributed by atoms with Gasteiger partial charge in [-0.2, -0.15) is 13.2 Å². The molecule has 0 saturated carbocycles. The Morgan fingerprint density at radius 2 is 1.88 bits per heavy atom. The number of benzene rings is 2. The van der Waals surface area contributed by atoms with Crippen molar-refractivity contribution in [3.05, 3.63) is 59.2 Å². The molecular weight excluding hydrogens is 421 g/mol. The molecule has 0 aliphatic carbocycles. The number of aryl methyl sites for hydroxylation is 1. The summed E-state index contributed by atoms with van der Waals surface area (Å²) in [4.78, 5) is 12.2. The minimum Gasteiger partial charge on any atom is -0.493 e.